The minimum Gasteiger partial charge on any atom is -0.493 e. The Bertz CT molecular complexity index is 1180. The van der Waals surface area contributed by atoms with Crippen LogP contribution in [0.15, 0.2) is 72.8 Å². The zero-order chi connectivity index (χ0) is 23.2. The first kappa shape index (κ1) is 22.1. The topological polar surface area (TPSA) is 67.9 Å². The third-order valence-electron chi connectivity index (χ3n) is 5.45. The van der Waals surface area contributed by atoms with Gasteiger partial charge in [0.05, 0.1) is 7.11 Å². The van der Waals surface area contributed by atoms with E-state index in [1.807, 2.05) is 49.4 Å². The van der Waals surface area contributed by atoms with Crippen LogP contribution in [0.4, 0.5) is 11.4 Å². The van der Waals surface area contributed by atoms with Gasteiger partial charge in [-0.15, -0.1) is 0 Å². The fraction of sp³-hybridized carbons (Fsp3) is 0.185. The van der Waals surface area contributed by atoms with Crippen LogP contribution in [0.3, 0.4) is 0 Å². The highest BCUT2D eigenvalue weighted by atomic mass is 16.5. The summed E-state index contributed by atoms with van der Waals surface area (Å²) in [5, 5.41) is 2.79. The van der Waals surface area contributed by atoms with E-state index in [0.717, 1.165) is 17.7 Å². The van der Waals surface area contributed by atoms with Crippen molar-refractivity contribution in [2.75, 3.05) is 30.5 Å². The summed E-state index contributed by atoms with van der Waals surface area (Å²) in [6, 6.07) is 20.4. The quantitative estimate of drug-likeness (QED) is 0.562. The number of para-hydroxylation sites is 1. The molecule has 33 heavy (non-hydrogen) atoms. The van der Waals surface area contributed by atoms with E-state index in [1.165, 1.54) is 5.56 Å². The number of rotatable bonds is 7. The molecule has 0 fully saturated rings. The van der Waals surface area contributed by atoms with Crippen LogP contribution in [-0.4, -0.2) is 32.1 Å². The lowest BCUT2D eigenvalue weighted by molar-refractivity contribution is -0.118. The van der Waals surface area contributed by atoms with Gasteiger partial charge in [-0.1, -0.05) is 36.4 Å². The lowest BCUT2D eigenvalue weighted by Crippen LogP contribution is -2.28. The van der Waals surface area contributed by atoms with Crippen molar-refractivity contribution in [2.45, 2.75) is 13.3 Å². The number of carbonyl (C=O) groups is 2. The number of carbonyl (C=O) groups excluding carboxylic acids is 2. The maximum absolute atomic E-state index is 12.9. The van der Waals surface area contributed by atoms with Crippen molar-refractivity contribution in [3.8, 4) is 11.5 Å². The average Bonchev–Trinajstić information content (AvgIpc) is 3.27. The van der Waals surface area contributed by atoms with Crippen LogP contribution in [0.5, 0.6) is 11.5 Å². The Morgan fingerprint density at radius 3 is 2.58 bits per heavy atom. The van der Waals surface area contributed by atoms with E-state index in [9.17, 15) is 9.59 Å². The van der Waals surface area contributed by atoms with Gasteiger partial charge in [-0.05, 0) is 66.9 Å². The molecule has 0 unspecified atom stereocenters. The molecule has 0 spiro atoms. The molecule has 0 saturated carbocycles. The number of fused-ring (bicyclic) bond motifs is 1. The monoisotopic (exact) mass is 442 g/mol. The third-order valence-corrected chi connectivity index (χ3v) is 5.45. The zero-order valence-corrected chi connectivity index (χ0v) is 18.7. The number of nitrogens with zero attached hydrogens (tertiary/aromatic N) is 1. The Kier molecular flexibility index (Phi) is 6.74. The number of allylic oxidation sites excluding steroid dienone is 1. The van der Waals surface area contributed by atoms with E-state index < -0.39 is 0 Å². The molecule has 6 heteroatoms. The van der Waals surface area contributed by atoms with Crippen molar-refractivity contribution in [1.82, 2.24) is 0 Å². The summed E-state index contributed by atoms with van der Waals surface area (Å²) in [6.45, 7) is 2.45. The van der Waals surface area contributed by atoms with Gasteiger partial charge >= 0.3 is 0 Å². The molecule has 1 N–H and O–H groups in total. The Hall–Kier alpha value is -4.06. The number of benzene rings is 3. The highest BCUT2D eigenvalue weighted by molar-refractivity contribution is 6.07. The van der Waals surface area contributed by atoms with Crippen molar-refractivity contribution < 1.29 is 19.1 Å². The second kappa shape index (κ2) is 10.0. The fourth-order valence-electron chi connectivity index (χ4n) is 3.84. The maximum atomic E-state index is 12.9. The number of hydrogen-bond donors (Lipinski definition) is 1. The minimum atomic E-state index is -0.304. The molecule has 3 aromatic carbocycles. The lowest BCUT2D eigenvalue weighted by atomic mass is 10.1. The highest BCUT2D eigenvalue weighted by Gasteiger charge is 2.25. The number of methoxy groups -OCH3 is 1. The van der Waals surface area contributed by atoms with Crippen LogP contribution in [0, 0.1) is 0 Å². The van der Waals surface area contributed by atoms with Crippen LogP contribution >= 0.6 is 0 Å². The molecule has 3 aromatic rings. The highest BCUT2D eigenvalue weighted by Crippen LogP contribution is 2.30. The summed E-state index contributed by atoms with van der Waals surface area (Å²) in [7, 11) is 1.56. The summed E-state index contributed by atoms with van der Waals surface area (Å²) in [5.41, 5.74) is 4.30. The molecule has 0 saturated heterocycles. The number of nitrogens with one attached hydrogen (secondary N) is 1. The summed E-state index contributed by atoms with van der Waals surface area (Å²) in [6.07, 6.45) is 4.75. The molecule has 0 aliphatic carbocycles. The molecule has 0 atom stereocenters. The molecule has 0 bridgehead atoms. The predicted octanol–water partition coefficient (Wildman–Crippen LogP) is 4.95. The molecule has 6 nitrogen and oxygen atoms in total. The largest absolute Gasteiger partial charge is 0.493 e. The molecule has 168 valence electrons. The molecule has 1 heterocycles. The summed E-state index contributed by atoms with van der Waals surface area (Å²) >= 11 is 0. The number of amides is 2. The Morgan fingerprint density at radius 2 is 1.82 bits per heavy atom. The van der Waals surface area contributed by atoms with Crippen LogP contribution in [0.1, 0.15) is 28.4 Å². The summed E-state index contributed by atoms with van der Waals surface area (Å²) in [4.78, 5) is 27.1. The van der Waals surface area contributed by atoms with Crippen LogP contribution in [0.25, 0.3) is 6.08 Å². The normalized spacial score (nSPS) is 12.5. The van der Waals surface area contributed by atoms with Gasteiger partial charge in [0.25, 0.3) is 11.8 Å². The molecule has 0 aromatic heterocycles. The van der Waals surface area contributed by atoms with Crippen LogP contribution in [-0.2, 0) is 11.2 Å². The molecule has 1 aliphatic heterocycles. The first-order valence-electron chi connectivity index (χ1n) is 10.8. The van der Waals surface area contributed by atoms with E-state index in [1.54, 1.807) is 42.3 Å². The van der Waals surface area contributed by atoms with Gasteiger partial charge in [0.2, 0.25) is 0 Å². The first-order valence-corrected chi connectivity index (χ1v) is 10.8. The van der Waals surface area contributed by atoms with Crippen LogP contribution in [0.2, 0.25) is 0 Å². The SMILES string of the molecule is C/C=C/c1ccc(OCC(=O)Nc2ccc(C(=O)N3CCc4ccccc43)cc2)c(OC)c1. The van der Waals surface area contributed by atoms with E-state index in [4.69, 9.17) is 9.47 Å². The second-order valence-electron chi connectivity index (χ2n) is 7.66. The Morgan fingerprint density at radius 1 is 1.03 bits per heavy atom. The van der Waals surface area contributed by atoms with Gasteiger partial charge in [-0.25, -0.2) is 0 Å². The Labute approximate surface area is 193 Å². The van der Waals surface area contributed by atoms with Crippen LogP contribution < -0.4 is 19.7 Å². The van der Waals surface area contributed by atoms with E-state index in [-0.39, 0.29) is 18.4 Å². The van der Waals surface area contributed by atoms with Gasteiger partial charge in [0.1, 0.15) is 0 Å². The number of ether oxygens (including phenoxy) is 2. The van der Waals surface area contributed by atoms with Crippen molar-refractivity contribution >= 4 is 29.3 Å². The third kappa shape index (κ3) is 5.06. The van der Waals surface area contributed by atoms with Gasteiger partial charge in [-0.2, -0.15) is 0 Å². The van der Waals surface area contributed by atoms with E-state index >= 15 is 0 Å². The molecule has 2 amide bonds. The second-order valence-corrected chi connectivity index (χ2v) is 7.66. The van der Waals surface area contributed by atoms with E-state index in [2.05, 4.69) is 11.4 Å². The minimum absolute atomic E-state index is 0.0466. The molecule has 0 radical (unpaired) electrons. The smallest absolute Gasteiger partial charge is 0.262 e. The van der Waals surface area contributed by atoms with Gasteiger partial charge in [-0.3, -0.25) is 9.59 Å². The summed E-state index contributed by atoms with van der Waals surface area (Å²) < 4.78 is 11.0. The average molecular weight is 443 g/mol. The number of anilines is 2. The molecule has 1 aliphatic rings. The van der Waals surface area contributed by atoms with Gasteiger partial charge in [0.15, 0.2) is 18.1 Å². The molecular formula is C27H26N2O4. The molecular weight excluding hydrogens is 416 g/mol. The number of hydrogen-bond acceptors (Lipinski definition) is 4. The van der Waals surface area contributed by atoms with Crippen molar-refractivity contribution in [1.29, 1.82) is 0 Å². The fourth-order valence-corrected chi connectivity index (χ4v) is 3.84. The summed E-state index contributed by atoms with van der Waals surface area (Å²) in [5.74, 6) is 0.703. The van der Waals surface area contributed by atoms with Crippen molar-refractivity contribution in [2.24, 2.45) is 0 Å². The molecule has 4 rings (SSSR count). The zero-order valence-electron chi connectivity index (χ0n) is 18.7. The van der Waals surface area contributed by atoms with Gasteiger partial charge in [0, 0.05) is 23.5 Å². The van der Waals surface area contributed by atoms with Crippen molar-refractivity contribution in [3.05, 3.63) is 89.5 Å². The van der Waals surface area contributed by atoms with E-state index in [0.29, 0.717) is 29.3 Å². The Balaban J connectivity index is 1.35. The predicted molar refractivity (Wildman–Crippen MR) is 130 cm³/mol. The van der Waals surface area contributed by atoms with Crippen molar-refractivity contribution in [3.63, 3.8) is 0 Å². The standard InChI is InChI=1S/C27H26N2O4/c1-3-6-19-9-14-24(25(17-19)32-2)33-18-26(30)28-22-12-10-21(11-13-22)27(31)29-16-15-20-7-4-5-8-23(20)29/h3-14,17H,15-16,18H2,1-2H3,(H,28,30)/b6-3+. The first-order chi connectivity index (χ1) is 16.1. The maximum Gasteiger partial charge on any atom is 0.262 e. The van der Waals surface area contributed by atoms with Gasteiger partial charge < -0.3 is 19.7 Å². The lowest BCUT2D eigenvalue weighted by Gasteiger charge is -2.17.